The van der Waals surface area contributed by atoms with Gasteiger partial charge in [-0.3, -0.25) is 0 Å². The van der Waals surface area contributed by atoms with E-state index in [-0.39, 0.29) is 0 Å². The molecule has 0 radical (unpaired) electrons. The average Bonchev–Trinajstić information content (AvgIpc) is 2.16. The van der Waals surface area contributed by atoms with Gasteiger partial charge in [0, 0.05) is 0 Å². The Balaban J connectivity index is 2.95. The Bertz CT molecular complexity index is 396. The molecule has 1 aromatic rings. The molecular weight excluding hydrogens is 225 g/mol. The first kappa shape index (κ1) is 12.1. The summed E-state index contributed by atoms with van der Waals surface area (Å²) in [7, 11) is 0. The lowest BCUT2D eigenvalue weighted by Gasteiger charge is -2.08. The minimum Gasteiger partial charge on any atom is -0.475 e. The minimum atomic E-state index is -5.01. The predicted octanol–water partition coefficient (Wildman–Crippen LogP) is 2.65. The Morgan fingerprint density at radius 3 is 2.25 bits per heavy atom. The fourth-order valence-corrected chi connectivity index (χ4v) is 0.960. The molecule has 0 atom stereocenters. The third-order valence-electron chi connectivity index (χ3n) is 1.53. The molecule has 0 heterocycles. The van der Waals surface area contributed by atoms with Gasteiger partial charge in [-0.25, -0.2) is 4.79 Å². The summed E-state index contributed by atoms with van der Waals surface area (Å²) < 4.78 is 38.9. The van der Waals surface area contributed by atoms with Crippen molar-refractivity contribution in [3.05, 3.63) is 41.7 Å². The van der Waals surface area contributed by atoms with Crippen LogP contribution in [0.3, 0.4) is 0 Å². The lowest BCUT2D eigenvalue weighted by atomic mass is 10.2. The maximum atomic E-state index is 11.8. The molecule has 0 fully saturated rings. The summed E-state index contributed by atoms with van der Waals surface area (Å²) in [6.45, 7) is 0. The van der Waals surface area contributed by atoms with E-state index in [1.807, 2.05) is 0 Å². The van der Waals surface area contributed by atoms with E-state index in [9.17, 15) is 18.0 Å². The van der Waals surface area contributed by atoms with Crippen LogP contribution in [0.1, 0.15) is 5.56 Å². The molecule has 3 nitrogen and oxygen atoms in total. The molecule has 0 aliphatic carbocycles. The second-order valence-corrected chi connectivity index (χ2v) is 2.77. The smallest absolute Gasteiger partial charge is 0.475 e. The van der Waals surface area contributed by atoms with Crippen molar-refractivity contribution in [2.75, 3.05) is 0 Å². The zero-order chi connectivity index (χ0) is 12.2. The number of aliphatic carboxylic acids is 1. The van der Waals surface area contributed by atoms with Crippen LogP contribution in [0.4, 0.5) is 13.2 Å². The molecule has 0 saturated carbocycles. The lowest BCUT2D eigenvalue weighted by Crippen LogP contribution is -2.17. The molecule has 1 N–H and O–H groups in total. The molecule has 0 bridgehead atoms. The number of carbonyl (C=O) groups is 1. The van der Waals surface area contributed by atoms with E-state index in [1.54, 1.807) is 18.2 Å². The summed E-state index contributed by atoms with van der Waals surface area (Å²) in [4.78, 5) is 10.5. The van der Waals surface area contributed by atoms with Crippen LogP contribution in [0, 0.1) is 0 Å². The van der Waals surface area contributed by atoms with Crippen LogP contribution in [0.5, 0.6) is 0 Å². The van der Waals surface area contributed by atoms with Gasteiger partial charge in [0.2, 0.25) is 5.76 Å². The quantitative estimate of drug-likeness (QED) is 0.643. The van der Waals surface area contributed by atoms with Crippen LogP contribution in [-0.4, -0.2) is 17.4 Å². The average molecular weight is 232 g/mol. The number of carboxylic acid groups (broad SMARTS) is 1. The number of halogens is 3. The monoisotopic (exact) mass is 232 g/mol. The van der Waals surface area contributed by atoms with Crippen LogP contribution < -0.4 is 0 Å². The van der Waals surface area contributed by atoms with Gasteiger partial charge in [-0.2, -0.15) is 0 Å². The number of benzene rings is 1. The Morgan fingerprint density at radius 2 is 1.81 bits per heavy atom. The van der Waals surface area contributed by atoms with Gasteiger partial charge < -0.3 is 9.84 Å². The number of ether oxygens (including phenoxy) is 1. The van der Waals surface area contributed by atoms with E-state index >= 15 is 0 Å². The molecule has 0 aliphatic heterocycles. The van der Waals surface area contributed by atoms with Gasteiger partial charge in [0.25, 0.3) is 0 Å². The van der Waals surface area contributed by atoms with Gasteiger partial charge in [-0.15, -0.1) is 13.2 Å². The Morgan fingerprint density at radius 1 is 1.25 bits per heavy atom. The largest absolute Gasteiger partial charge is 0.573 e. The van der Waals surface area contributed by atoms with E-state index in [0.717, 1.165) is 6.08 Å². The molecule has 0 aromatic heterocycles. The molecule has 0 amide bonds. The van der Waals surface area contributed by atoms with Gasteiger partial charge in [-0.1, -0.05) is 30.3 Å². The fraction of sp³-hybridized carbons (Fsp3) is 0.100. The molecule has 16 heavy (non-hydrogen) atoms. The maximum Gasteiger partial charge on any atom is 0.573 e. The molecule has 0 unspecified atom stereocenters. The first-order valence-corrected chi connectivity index (χ1v) is 4.14. The second kappa shape index (κ2) is 4.69. The van der Waals surface area contributed by atoms with Crippen LogP contribution in [0.2, 0.25) is 0 Å². The number of rotatable bonds is 3. The molecule has 1 rings (SSSR count). The summed E-state index contributed by atoms with van der Waals surface area (Å²) in [6.07, 6.45) is -4.21. The SMILES string of the molecule is O=C(O)/C(=C\c1ccccc1)OC(F)(F)F. The third kappa shape index (κ3) is 4.04. The molecule has 1 aromatic carbocycles. The number of alkyl halides is 3. The molecule has 0 aliphatic rings. The van der Waals surface area contributed by atoms with E-state index in [4.69, 9.17) is 5.11 Å². The normalized spacial score (nSPS) is 12.3. The van der Waals surface area contributed by atoms with Crippen molar-refractivity contribution in [3.8, 4) is 0 Å². The number of hydrogen-bond acceptors (Lipinski definition) is 2. The predicted molar refractivity (Wildman–Crippen MR) is 49.2 cm³/mol. The highest BCUT2D eigenvalue weighted by Crippen LogP contribution is 2.22. The third-order valence-corrected chi connectivity index (χ3v) is 1.53. The highest BCUT2D eigenvalue weighted by molar-refractivity contribution is 5.89. The van der Waals surface area contributed by atoms with E-state index in [1.165, 1.54) is 12.1 Å². The van der Waals surface area contributed by atoms with Crippen molar-refractivity contribution in [1.29, 1.82) is 0 Å². The minimum absolute atomic E-state index is 0.309. The number of carboxylic acids is 1. The molecule has 86 valence electrons. The fourth-order valence-electron chi connectivity index (χ4n) is 0.960. The Hall–Kier alpha value is -1.98. The van der Waals surface area contributed by atoms with Crippen molar-refractivity contribution < 1.29 is 27.8 Å². The lowest BCUT2D eigenvalue weighted by molar-refractivity contribution is -0.304. The van der Waals surface area contributed by atoms with Crippen LogP contribution in [0.25, 0.3) is 6.08 Å². The van der Waals surface area contributed by atoms with Gasteiger partial charge in [-0.05, 0) is 11.6 Å². The maximum absolute atomic E-state index is 11.8. The van der Waals surface area contributed by atoms with Crippen molar-refractivity contribution in [2.45, 2.75) is 6.36 Å². The summed E-state index contributed by atoms with van der Waals surface area (Å²) in [5, 5.41) is 8.50. The summed E-state index contributed by atoms with van der Waals surface area (Å²) >= 11 is 0. The first-order valence-electron chi connectivity index (χ1n) is 4.14. The van der Waals surface area contributed by atoms with E-state index < -0.39 is 18.1 Å². The Kier molecular flexibility index (Phi) is 3.55. The standard InChI is InChI=1S/C10H7F3O3/c11-10(12,13)16-8(9(14)15)6-7-4-2-1-3-5-7/h1-6H,(H,14,15)/b8-6+. The second-order valence-electron chi connectivity index (χ2n) is 2.77. The van der Waals surface area contributed by atoms with Crippen LogP contribution in [-0.2, 0) is 9.53 Å². The van der Waals surface area contributed by atoms with Crippen LogP contribution in [0.15, 0.2) is 36.1 Å². The van der Waals surface area contributed by atoms with Crippen molar-refractivity contribution in [1.82, 2.24) is 0 Å². The van der Waals surface area contributed by atoms with Gasteiger partial charge in [0.1, 0.15) is 0 Å². The van der Waals surface area contributed by atoms with E-state index in [2.05, 4.69) is 4.74 Å². The van der Waals surface area contributed by atoms with Crippen molar-refractivity contribution in [2.24, 2.45) is 0 Å². The van der Waals surface area contributed by atoms with Gasteiger partial charge >= 0.3 is 12.3 Å². The van der Waals surface area contributed by atoms with Gasteiger partial charge in [0.15, 0.2) is 0 Å². The zero-order valence-corrected chi connectivity index (χ0v) is 7.86. The van der Waals surface area contributed by atoms with Crippen molar-refractivity contribution in [3.63, 3.8) is 0 Å². The van der Waals surface area contributed by atoms with Crippen molar-refractivity contribution >= 4 is 12.0 Å². The van der Waals surface area contributed by atoms with Gasteiger partial charge in [0.05, 0.1) is 0 Å². The first-order chi connectivity index (χ1) is 7.38. The molecule has 0 spiro atoms. The summed E-state index contributed by atoms with van der Waals surface area (Å²) in [5.74, 6) is -2.94. The summed E-state index contributed by atoms with van der Waals surface area (Å²) in [6, 6.07) is 7.71. The van der Waals surface area contributed by atoms with E-state index in [0.29, 0.717) is 5.56 Å². The highest BCUT2D eigenvalue weighted by atomic mass is 19.4. The topological polar surface area (TPSA) is 46.5 Å². The molecule has 0 saturated heterocycles. The molecular formula is C10H7F3O3. The zero-order valence-electron chi connectivity index (χ0n) is 7.86. The Labute approximate surface area is 88.8 Å². The summed E-state index contributed by atoms with van der Waals surface area (Å²) in [5.41, 5.74) is 0.309. The van der Waals surface area contributed by atoms with Crippen LogP contribution >= 0.6 is 0 Å². The highest BCUT2D eigenvalue weighted by Gasteiger charge is 2.34. The molecule has 6 heteroatoms. The number of hydrogen-bond donors (Lipinski definition) is 1.